The number of carboxylic acid groups (broad SMARTS) is 1. The van der Waals surface area contributed by atoms with Gasteiger partial charge in [0, 0.05) is 11.8 Å². The molecule has 2 aliphatic rings. The van der Waals surface area contributed by atoms with Crippen LogP contribution in [0.3, 0.4) is 0 Å². The third kappa shape index (κ3) is 1.25. The van der Waals surface area contributed by atoms with Gasteiger partial charge < -0.3 is 9.84 Å². The molecule has 2 aliphatic carbocycles. The van der Waals surface area contributed by atoms with Crippen LogP contribution in [-0.4, -0.2) is 29.6 Å². The summed E-state index contributed by atoms with van der Waals surface area (Å²) in [5.74, 6) is -6.95. The molecule has 0 aromatic carbocycles. The summed E-state index contributed by atoms with van der Waals surface area (Å²) in [6.45, 7) is 1.61. The van der Waals surface area contributed by atoms with Gasteiger partial charge in [-0.1, -0.05) is 0 Å². The Labute approximate surface area is 90.6 Å². The summed E-state index contributed by atoms with van der Waals surface area (Å²) in [6.07, 6.45) is -0.613. The maximum atomic E-state index is 13.0. The molecule has 0 amide bonds. The molecule has 6 heteroatoms. The van der Waals surface area contributed by atoms with Crippen molar-refractivity contribution in [2.24, 2.45) is 17.3 Å². The van der Waals surface area contributed by atoms with Crippen molar-refractivity contribution in [1.29, 1.82) is 0 Å². The van der Waals surface area contributed by atoms with Crippen LogP contribution in [0.2, 0.25) is 0 Å². The molecule has 2 unspecified atom stereocenters. The molecular formula is C10H12F2O4. The minimum Gasteiger partial charge on any atom is -0.480 e. The lowest BCUT2D eigenvalue weighted by Gasteiger charge is -2.24. The number of esters is 1. The van der Waals surface area contributed by atoms with Crippen molar-refractivity contribution < 1.29 is 28.2 Å². The number of fused-ring (bicyclic) bond motifs is 1. The van der Waals surface area contributed by atoms with E-state index < -0.39 is 35.1 Å². The van der Waals surface area contributed by atoms with Crippen molar-refractivity contribution in [3.05, 3.63) is 0 Å². The van der Waals surface area contributed by atoms with E-state index in [2.05, 4.69) is 4.74 Å². The Hall–Kier alpha value is -1.20. The zero-order chi connectivity index (χ0) is 12.1. The van der Waals surface area contributed by atoms with Crippen LogP contribution < -0.4 is 0 Å². The van der Waals surface area contributed by atoms with Crippen LogP contribution in [0.5, 0.6) is 0 Å². The highest BCUT2D eigenvalue weighted by molar-refractivity contribution is 6.00. The fraction of sp³-hybridized carbons (Fsp3) is 0.800. The van der Waals surface area contributed by atoms with E-state index in [1.807, 2.05) is 0 Å². The molecule has 0 aromatic heterocycles. The molecule has 2 atom stereocenters. The summed E-state index contributed by atoms with van der Waals surface area (Å²) in [4.78, 5) is 22.6. The zero-order valence-electron chi connectivity index (χ0n) is 8.70. The van der Waals surface area contributed by atoms with Crippen LogP contribution in [0.25, 0.3) is 0 Å². The van der Waals surface area contributed by atoms with Crippen LogP contribution in [0.4, 0.5) is 8.78 Å². The Morgan fingerprint density at radius 3 is 2.25 bits per heavy atom. The maximum Gasteiger partial charge on any atom is 0.323 e. The first kappa shape index (κ1) is 11.3. The highest BCUT2D eigenvalue weighted by Gasteiger charge is 2.78. The molecule has 2 rings (SSSR count). The van der Waals surface area contributed by atoms with Gasteiger partial charge in [-0.05, 0) is 19.8 Å². The number of carbonyl (C=O) groups is 2. The molecule has 0 aromatic rings. The molecule has 0 bridgehead atoms. The standard InChI is InChI=1S/C10H12F2O4/c1-2-16-8(15)9(7(13)14)3-5-6(4-9)10(5,11)12/h5-6H,2-4H2,1H3,(H,13,14). The smallest absolute Gasteiger partial charge is 0.323 e. The quantitative estimate of drug-likeness (QED) is 0.590. The fourth-order valence-corrected chi connectivity index (χ4v) is 2.55. The molecule has 0 spiro atoms. The molecule has 2 saturated carbocycles. The molecule has 16 heavy (non-hydrogen) atoms. The third-order valence-corrected chi connectivity index (χ3v) is 3.58. The topological polar surface area (TPSA) is 63.6 Å². The van der Waals surface area contributed by atoms with Crippen LogP contribution in [0, 0.1) is 17.3 Å². The van der Waals surface area contributed by atoms with Crippen LogP contribution in [0.1, 0.15) is 19.8 Å². The summed E-state index contributed by atoms with van der Waals surface area (Å²) in [7, 11) is 0. The lowest BCUT2D eigenvalue weighted by Crippen LogP contribution is -2.41. The molecule has 1 N–H and O–H groups in total. The van der Waals surface area contributed by atoms with Gasteiger partial charge in [-0.2, -0.15) is 0 Å². The van der Waals surface area contributed by atoms with Gasteiger partial charge in [0.15, 0.2) is 5.41 Å². The number of hydrogen-bond donors (Lipinski definition) is 1. The van der Waals surface area contributed by atoms with Crippen molar-refractivity contribution in [1.82, 2.24) is 0 Å². The predicted octanol–water partition coefficient (Wildman–Crippen LogP) is 1.30. The van der Waals surface area contributed by atoms with E-state index in [1.54, 1.807) is 6.92 Å². The summed E-state index contributed by atoms with van der Waals surface area (Å²) >= 11 is 0. The van der Waals surface area contributed by atoms with E-state index in [9.17, 15) is 18.4 Å². The largest absolute Gasteiger partial charge is 0.480 e. The number of aliphatic carboxylic acids is 1. The van der Waals surface area contributed by atoms with E-state index in [0.29, 0.717) is 0 Å². The zero-order valence-corrected chi connectivity index (χ0v) is 8.70. The first-order chi connectivity index (χ1) is 7.36. The third-order valence-electron chi connectivity index (χ3n) is 3.58. The summed E-state index contributed by atoms with van der Waals surface area (Å²) in [6, 6.07) is 0. The van der Waals surface area contributed by atoms with Crippen molar-refractivity contribution in [2.75, 3.05) is 6.61 Å². The minimum atomic E-state index is -2.79. The van der Waals surface area contributed by atoms with Crippen molar-refractivity contribution in [2.45, 2.75) is 25.7 Å². The maximum absolute atomic E-state index is 13.0. The number of alkyl halides is 2. The summed E-state index contributed by atoms with van der Waals surface area (Å²) in [5, 5.41) is 9.02. The molecule has 0 aliphatic heterocycles. The lowest BCUT2D eigenvalue weighted by molar-refractivity contribution is -0.170. The van der Waals surface area contributed by atoms with Crippen molar-refractivity contribution >= 4 is 11.9 Å². The van der Waals surface area contributed by atoms with Gasteiger partial charge in [-0.15, -0.1) is 0 Å². The Bertz CT molecular complexity index is 339. The number of carboxylic acids is 1. The van der Waals surface area contributed by atoms with Gasteiger partial charge >= 0.3 is 11.9 Å². The SMILES string of the molecule is CCOC(=O)C1(C(=O)O)CC2C(C1)C2(F)F. The molecular weight excluding hydrogens is 222 g/mol. The highest BCUT2D eigenvalue weighted by atomic mass is 19.3. The highest BCUT2D eigenvalue weighted by Crippen LogP contribution is 2.69. The number of ether oxygens (including phenoxy) is 1. The Morgan fingerprint density at radius 2 is 1.88 bits per heavy atom. The fourth-order valence-electron chi connectivity index (χ4n) is 2.55. The van der Waals surface area contributed by atoms with Crippen LogP contribution >= 0.6 is 0 Å². The molecule has 90 valence electrons. The Balaban J connectivity index is 2.17. The van der Waals surface area contributed by atoms with Gasteiger partial charge in [-0.3, -0.25) is 9.59 Å². The van der Waals surface area contributed by atoms with Gasteiger partial charge in [0.05, 0.1) is 6.61 Å². The molecule has 0 heterocycles. The molecule has 4 nitrogen and oxygen atoms in total. The van der Waals surface area contributed by atoms with Gasteiger partial charge in [0.1, 0.15) is 0 Å². The predicted molar refractivity (Wildman–Crippen MR) is 47.9 cm³/mol. The van der Waals surface area contributed by atoms with E-state index in [1.165, 1.54) is 0 Å². The first-order valence-corrected chi connectivity index (χ1v) is 5.14. The summed E-state index contributed by atoms with van der Waals surface area (Å²) in [5.41, 5.74) is -1.74. The van der Waals surface area contributed by atoms with E-state index in [-0.39, 0.29) is 19.4 Å². The summed E-state index contributed by atoms with van der Waals surface area (Å²) < 4.78 is 30.6. The number of rotatable bonds is 3. The lowest BCUT2D eigenvalue weighted by atomic mass is 9.82. The van der Waals surface area contributed by atoms with Gasteiger partial charge in [-0.25, -0.2) is 8.78 Å². The van der Waals surface area contributed by atoms with Crippen LogP contribution in [-0.2, 0) is 14.3 Å². The average molecular weight is 234 g/mol. The Kier molecular flexibility index (Phi) is 2.22. The molecule has 0 saturated heterocycles. The van der Waals surface area contributed by atoms with E-state index in [4.69, 9.17) is 5.11 Å². The minimum absolute atomic E-state index is 0.0551. The number of halogens is 2. The average Bonchev–Trinajstić information content (AvgIpc) is 2.63. The van der Waals surface area contributed by atoms with E-state index in [0.717, 1.165) is 0 Å². The molecule has 2 fully saturated rings. The van der Waals surface area contributed by atoms with Crippen molar-refractivity contribution in [3.63, 3.8) is 0 Å². The second-order valence-corrected chi connectivity index (χ2v) is 4.40. The van der Waals surface area contributed by atoms with Gasteiger partial charge in [0.2, 0.25) is 0 Å². The van der Waals surface area contributed by atoms with Crippen LogP contribution in [0.15, 0.2) is 0 Å². The first-order valence-electron chi connectivity index (χ1n) is 5.14. The second-order valence-electron chi connectivity index (χ2n) is 4.40. The Morgan fingerprint density at radius 1 is 1.38 bits per heavy atom. The normalized spacial score (nSPS) is 38.9. The second kappa shape index (κ2) is 3.15. The van der Waals surface area contributed by atoms with Gasteiger partial charge in [0.25, 0.3) is 5.92 Å². The van der Waals surface area contributed by atoms with Crippen molar-refractivity contribution in [3.8, 4) is 0 Å². The number of hydrogen-bond acceptors (Lipinski definition) is 3. The monoisotopic (exact) mass is 234 g/mol. The van der Waals surface area contributed by atoms with E-state index >= 15 is 0 Å². The number of carbonyl (C=O) groups excluding carboxylic acids is 1. The molecule has 0 radical (unpaired) electrons.